The molecule has 1 saturated heterocycles. The number of sulfonamides is 1. The SMILES string of the molecule is CCN(CC)CCNC(=O)c1ccc(NC(=O)c2ccc(C)c(S(=O)(=O)N3CCOCC3)c2)cc1. The molecule has 1 aliphatic rings. The van der Waals surface area contributed by atoms with E-state index in [9.17, 15) is 18.0 Å². The lowest BCUT2D eigenvalue weighted by atomic mass is 10.1. The monoisotopic (exact) mass is 502 g/mol. The molecule has 1 fully saturated rings. The van der Waals surface area contributed by atoms with E-state index in [0.29, 0.717) is 36.6 Å². The normalized spacial score (nSPS) is 14.6. The van der Waals surface area contributed by atoms with Crippen molar-refractivity contribution in [1.29, 1.82) is 0 Å². The second kappa shape index (κ2) is 12.3. The van der Waals surface area contributed by atoms with Gasteiger partial charge in [-0.15, -0.1) is 0 Å². The summed E-state index contributed by atoms with van der Waals surface area (Å²) < 4.78 is 32.8. The molecule has 1 aliphatic heterocycles. The maximum Gasteiger partial charge on any atom is 0.255 e. The summed E-state index contributed by atoms with van der Waals surface area (Å²) in [4.78, 5) is 27.5. The van der Waals surface area contributed by atoms with Crippen LogP contribution in [0.4, 0.5) is 5.69 Å². The van der Waals surface area contributed by atoms with Crippen molar-refractivity contribution in [2.75, 3.05) is 57.8 Å². The highest BCUT2D eigenvalue weighted by molar-refractivity contribution is 7.89. The van der Waals surface area contributed by atoms with Crippen molar-refractivity contribution in [2.45, 2.75) is 25.7 Å². The lowest BCUT2D eigenvalue weighted by Gasteiger charge is -2.26. The number of rotatable bonds is 10. The summed E-state index contributed by atoms with van der Waals surface area (Å²) >= 11 is 0. The zero-order valence-corrected chi connectivity index (χ0v) is 21.4. The smallest absolute Gasteiger partial charge is 0.255 e. The fraction of sp³-hybridized carbons (Fsp3) is 0.440. The van der Waals surface area contributed by atoms with Crippen molar-refractivity contribution in [3.63, 3.8) is 0 Å². The van der Waals surface area contributed by atoms with Crippen LogP contribution in [0.2, 0.25) is 0 Å². The van der Waals surface area contributed by atoms with Gasteiger partial charge in [-0.05, 0) is 62.0 Å². The number of likely N-dealkylation sites (N-methyl/N-ethyl adjacent to an activating group) is 1. The van der Waals surface area contributed by atoms with E-state index < -0.39 is 15.9 Å². The molecule has 3 rings (SSSR count). The van der Waals surface area contributed by atoms with E-state index in [1.54, 1.807) is 43.3 Å². The van der Waals surface area contributed by atoms with Gasteiger partial charge in [-0.2, -0.15) is 4.31 Å². The number of nitrogens with one attached hydrogen (secondary N) is 2. The van der Waals surface area contributed by atoms with Crippen LogP contribution in [0, 0.1) is 6.92 Å². The molecule has 0 spiro atoms. The van der Waals surface area contributed by atoms with Crippen molar-refractivity contribution in [1.82, 2.24) is 14.5 Å². The standard InChI is InChI=1S/C25H34N4O5S/c1-4-28(5-2)13-12-26-24(30)20-8-10-22(11-9-20)27-25(31)21-7-6-19(3)23(18-21)35(32,33)29-14-16-34-17-15-29/h6-11,18H,4-5,12-17H2,1-3H3,(H,26,30)(H,27,31). The van der Waals surface area contributed by atoms with Gasteiger partial charge in [-0.3, -0.25) is 9.59 Å². The van der Waals surface area contributed by atoms with E-state index >= 15 is 0 Å². The van der Waals surface area contributed by atoms with E-state index in [-0.39, 0.29) is 29.5 Å². The predicted molar refractivity (Wildman–Crippen MR) is 135 cm³/mol. The maximum atomic E-state index is 13.1. The van der Waals surface area contributed by atoms with E-state index in [1.165, 1.54) is 10.4 Å². The molecular weight excluding hydrogens is 468 g/mol. The Kier molecular flexibility index (Phi) is 9.39. The van der Waals surface area contributed by atoms with Crippen LogP contribution in [-0.4, -0.2) is 81.9 Å². The number of hydrogen-bond acceptors (Lipinski definition) is 6. The maximum absolute atomic E-state index is 13.1. The molecule has 35 heavy (non-hydrogen) atoms. The number of amides is 2. The Morgan fingerprint density at radius 1 is 0.971 bits per heavy atom. The molecule has 2 amide bonds. The molecule has 0 aromatic heterocycles. The van der Waals surface area contributed by atoms with Gasteiger partial charge in [0.2, 0.25) is 10.0 Å². The van der Waals surface area contributed by atoms with Gasteiger partial charge in [-0.1, -0.05) is 19.9 Å². The molecule has 0 unspecified atom stereocenters. The first-order chi connectivity index (χ1) is 16.8. The zero-order chi connectivity index (χ0) is 25.4. The average molecular weight is 503 g/mol. The molecule has 2 aromatic carbocycles. The number of hydrogen-bond donors (Lipinski definition) is 2. The Bertz CT molecular complexity index is 1130. The van der Waals surface area contributed by atoms with E-state index in [4.69, 9.17) is 4.74 Å². The highest BCUT2D eigenvalue weighted by atomic mass is 32.2. The van der Waals surface area contributed by atoms with Crippen LogP contribution in [0.1, 0.15) is 40.1 Å². The van der Waals surface area contributed by atoms with E-state index in [2.05, 4.69) is 29.4 Å². The zero-order valence-electron chi connectivity index (χ0n) is 20.5. The minimum atomic E-state index is -3.73. The van der Waals surface area contributed by atoms with Gasteiger partial charge >= 0.3 is 0 Å². The third-order valence-corrected chi connectivity index (χ3v) is 8.09. The molecule has 0 saturated carbocycles. The Morgan fingerprint density at radius 3 is 2.23 bits per heavy atom. The summed E-state index contributed by atoms with van der Waals surface area (Å²) in [5.74, 6) is -0.605. The molecule has 1 heterocycles. The minimum absolute atomic E-state index is 0.115. The van der Waals surface area contributed by atoms with Gasteiger partial charge in [-0.25, -0.2) is 8.42 Å². The van der Waals surface area contributed by atoms with Crippen LogP contribution in [0.5, 0.6) is 0 Å². The van der Waals surface area contributed by atoms with Gasteiger partial charge in [0.15, 0.2) is 0 Å². The number of morpholine rings is 1. The Labute approximate surface area is 207 Å². The first kappa shape index (κ1) is 26.8. The molecule has 2 N–H and O–H groups in total. The Morgan fingerprint density at radius 2 is 1.60 bits per heavy atom. The summed E-state index contributed by atoms with van der Waals surface area (Å²) in [7, 11) is -3.73. The third-order valence-electron chi connectivity index (χ3n) is 6.05. The van der Waals surface area contributed by atoms with E-state index in [0.717, 1.165) is 19.6 Å². The van der Waals surface area contributed by atoms with Crippen LogP contribution in [0.3, 0.4) is 0 Å². The van der Waals surface area contributed by atoms with Crippen LogP contribution >= 0.6 is 0 Å². The number of anilines is 1. The van der Waals surface area contributed by atoms with E-state index in [1.807, 2.05) is 0 Å². The second-order valence-electron chi connectivity index (χ2n) is 8.31. The summed E-state index contributed by atoms with van der Waals surface area (Å²) in [5.41, 5.74) is 1.81. The third kappa shape index (κ3) is 6.88. The molecule has 0 atom stereocenters. The second-order valence-corrected chi connectivity index (χ2v) is 10.2. The minimum Gasteiger partial charge on any atom is -0.379 e. The fourth-order valence-corrected chi connectivity index (χ4v) is 5.48. The average Bonchev–Trinajstić information content (AvgIpc) is 2.87. The number of carbonyl (C=O) groups excluding carboxylic acids is 2. The van der Waals surface area contributed by atoms with Gasteiger partial charge in [0.1, 0.15) is 0 Å². The fourth-order valence-electron chi connectivity index (χ4n) is 3.82. The molecular formula is C25H34N4O5S. The topological polar surface area (TPSA) is 108 Å². The molecule has 190 valence electrons. The van der Waals surface area contributed by atoms with Crippen molar-refractivity contribution < 1.29 is 22.7 Å². The highest BCUT2D eigenvalue weighted by Gasteiger charge is 2.28. The molecule has 10 heteroatoms. The molecule has 0 radical (unpaired) electrons. The molecule has 9 nitrogen and oxygen atoms in total. The van der Waals surface area contributed by atoms with Crippen LogP contribution in [-0.2, 0) is 14.8 Å². The quantitative estimate of drug-likeness (QED) is 0.516. The number of benzene rings is 2. The number of aryl methyl sites for hydroxylation is 1. The first-order valence-electron chi connectivity index (χ1n) is 11.9. The van der Waals surface area contributed by atoms with Crippen LogP contribution < -0.4 is 10.6 Å². The largest absolute Gasteiger partial charge is 0.379 e. The number of carbonyl (C=O) groups is 2. The summed E-state index contributed by atoms with van der Waals surface area (Å²) in [6.45, 7) is 10.4. The Hall–Kier alpha value is -2.79. The summed E-state index contributed by atoms with van der Waals surface area (Å²) in [6, 6.07) is 11.2. The predicted octanol–water partition coefficient (Wildman–Crippen LogP) is 2.34. The van der Waals surface area contributed by atoms with Crippen LogP contribution in [0.15, 0.2) is 47.4 Å². The molecule has 0 aliphatic carbocycles. The molecule has 2 aromatic rings. The summed E-state index contributed by atoms with van der Waals surface area (Å²) in [5, 5.41) is 5.67. The Balaban J connectivity index is 1.64. The highest BCUT2D eigenvalue weighted by Crippen LogP contribution is 2.23. The van der Waals surface area contributed by atoms with Crippen molar-refractivity contribution in [3.8, 4) is 0 Å². The lowest BCUT2D eigenvalue weighted by Crippen LogP contribution is -2.40. The van der Waals surface area contributed by atoms with Crippen molar-refractivity contribution in [3.05, 3.63) is 59.2 Å². The lowest BCUT2D eigenvalue weighted by molar-refractivity contribution is 0.0730. The van der Waals surface area contributed by atoms with Crippen molar-refractivity contribution in [2.24, 2.45) is 0 Å². The summed E-state index contributed by atoms with van der Waals surface area (Å²) in [6.07, 6.45) is 0. The van der Waals surface area contributed by atoms with Crippen molar-refractivity contribution >= 4 is 27.5 Å². The van der Waals surface area contributed by atoms with Crippen LogP contribution in [0.25, 0.3) is 0 Å². The number of ether oxygens (including phenoxy) is 1. The van der Waals surface area contributed by atoms with Gasteiger partial charge in [0.25, 0.3) is 11.8 Å². The molecule has 0 bridgehead atoms. The van der Waals surface area contributed by atoms with Gasteiger partial charge < -0.3 is 20.3 Å². The van der Waals surface area contributed by atoms with Gasteiger partial charge in [0, 0.05) is 43.0 Å². The first-order valence-corrected chi connectivity index (χ1v) is 13.3. The number of nitrogens with zero attached hydrogens (tertiary/aromatic N) is 2. The van der Waals surface area contributed by atoms with Gasteiger partial charge in [0.05, 0.1) is 18.1 Å².